The number of nitrogens with zero attached hydrogens (tertiary/aromatic N) is 2. The van der Waals surface area contributed by atoms with Crippen molar-refractivity contribution < 1.29 is 4.74 Å². The molecular weight excluding hydrogens is 342 g/mol. The van der Waals surface area contributed by atoms with Crippen molar-refractivity contribution in [3.8, 4) is 5.75 Å². The minimum atomic E-state index is 0.456. The molecule has 2 aromatic heterocycles. The molecule has 0 amide bonds. The fourth-order valence-electron chi connectivity index (χ4n) is 3.81. The molecule has 136 valence electrons. The second-order valence-electron chi connectivity index (χ2n) is 6.73. The Morgan fingerprint density at radius 2 is 2.19 bits per heavy atom. The molecule has 0 bridgehead atoms. The summed E-state index contributed by atoms with van der Waals surface area (Å²) in [5, 5.41) is 7.28. The molecule has 1 N–H and O–H groups in total. The molecule has 4 rings (SSSR count). The predicted molar refractivity (Wildman–Crippen MR) is 110 cm³/mol. The van der Waals surface area contributed by atoms with Gasteiger partial charge in [0, 0.05) is 36.6 Å². The normalized spacial score (nSPS) is 17.6. The first-order valence-corrected chi connectivity index (χ1v) is 10.2. The van der Waals surface area contributed by atoms with Crippen molar-refractivity contribution in [3.05, 3.63) is 53.5 Å². The highest BCUT2D eigenvalue weighted by Gasteiger charge is 2.25. The summed E-state index contributed by atoms with van der Waals surface area (Å²) in [6, 6.07) is 13.1. The zero-order chi connectivity index (χ0) is 17.8. The van der Waals surface area contributed by atoms with Gasteiger partial charge in [0.15, 0.2) is 11.6 Å². The van der Waals surface area contributed by atoms with Crippen molar-refractivity contribution >= 4 is 27.2 Å². The Hall–Kier alpha value is -2.11. The highest BCUT2D eigenvalue weighted by molar-refractivity contribution is 7.17. The number of piperazine rings is 1. The molecule has 26 heavy (non-hydrogen) atoms. The van der Waals surface area contributed by atoms with Gasteiger partial charge in [0.1, 0.15) is 0 Å². The molecule has 3 heterocycles. The highest BCUT2D eigenvalue weighted by Crippen LogP contribution is 2.30. The molecular formula is C21H25N3OS. The first-order valence-electron chi connectivity index (χ1n) is 9.28. The summed E-state index contributed by atoms with van der Waals surface area (Å²) in [5.74, 6) is 1.84. The van der Waals surface area contributed by atoms with Gasteiger partial charge in [-0.3, -0.25) is 0 Å². The maximum Gasteiger partial charge on any atom is 0.171 e. The summed E-state index contributed by atoms with van der Waals surface area (Å²) in [7, 11) is 1.72. The van der Waals surface area contributed by atoms with E-state index in [1.54, 1.807) is 7.11 Å². The average Bonchev–Trinajstić information content (AvgIpc) is 3.12. The monoisotopic (exact) mass is 367 g/mol. The third kappa shape index (κ3) is 3.55. The second-order valence-corrected chi connectivity index (χ2v) is 7.64. The molecule has 1 atom stereocenters. The Morgan fingerprint density at radius 1 is 1.27 bits per heavy atom. The lowest BCUT2D eigenvalue weighted by atomic mass is 10.0. The number of aromatic nitrogens is 1. The summed E-state index contributed by atoms with van der Waals surface area (Å²) in [5.41, 5.74) is 1.48. The van der Waals surface area contributed by atoms with E-state index in [4.69, 9.17) is 4.74 Å². The van der Waals surface area contributed by atoms with Gasteiger partial charge in [0.25, 0.3) is 0 Å². The molecule has 1 aliphatic heterocycles. The van der Waals surface area contributed by atoms with E-state index in [0.717, 1.165) is 44.0 Å². The van der Waals surface area contributed by atoms with Gasteiger partial charge in [-0.25, -0.2) is 4.98 Å². The topological polar surface area (TPSA) is 37.4 Å². The van der Waals surface area contributed by atoms with Gasteiger partial charge in [-0.15, -0.1) is 11.3 Å². The number of pyridine rings is 1. The van der Waals surface area contributed by atoms with Crippen LogP contribution in [-0.2, 0) is 6.42 Å². The Balaban J connectivity index is 1.44. The average molecular weight is 368 g/mol. The van der Waals surface area contributed by atoms with E-state index in [1.807, 2.05) is 29.7 Å². The van der Waals surface area contributed by atoms with Crippen LogP contribution in [0, 0.1) is 0 Å². The summed E-state index contributed by atoms with van der Waals surface area (Å²) in [4.78, 5) is 7.01. The molecule has 0 spiro atoms. The lowest BCUT2D eigenvalue weighted by Gasteiger charge is -2.37. The van der Waals surface area contributed by atoms with E-state index >= 15 is 0 Å². The van der Waals surface area contributed by atoms with Crippen LogP contribution in [0.2, 0.25) is 0 Å². The van der Waals surface area contributed by atoms with Gasteiger partial charge in [-0.1, -0.05) is 18.2 Å². The van der Waals surface area contributed by atoms with Crippen LogP contribution < -0.4 is 15.0 Å². The Labute approximate surface area is 158 Å². The molecule has 1 aromatic carbocycles. The molecule has 1 unspecified atom stereocenters. The molecule has 0 radical (unpaired) electrons. The van der Waals surface area contributed by atoms with Gasteiger partial charge in [-0.05, 0) is 53.8 Å². The van der Waals surface area contributed by atoms with Gasteiger partial charge >= 0.3 is 0 Å². The number of ether oxygens (including phenoxy) is 1. The zero-order valence-corrected chi connectivity index (χ0v) is 16.0. The third-order valence-electron chi connectivity index (χ3n) is 5.14. The van der Waals surface area contributed by atoms with Crippen LogP contribution in [0.1, 0.15) is 18.4 Å². The van der Waals surface area contributed by atoms with E-state index in [2.05, 4.69) is 44.8 Å². The summed E-state index contributed by atoms with van der Waals surface area (Å²) in [6.07, 6.45) is 5.32. The molecule has 1 aliphatic rings. The van der Waals surface area contributed by atoms with Crippen molar-refractivity contribution in [2.24, 2.45) is 0 Å². The maximum absolute atomic E-state index is 5.54. The lowest BCUT2D eigenvalue weighted by molar-refractivity contribution is 0.399. The number of fused-ring (bicyclic) bond motifs is 1. The number of hydrogen-bond acceptors (Lipinski definition) is 5. The molecule has 1 fully saturated rings. The molecule has 3 aromatic rings. The highest BCUT2D eigenvalue weighted by atomic mass is 32.1. The molecule has 4 nitrogen and oxygen atoms in total. The van der Waals surface area contributed by atoms with Crippen molar-refractivity contribution in [3.63, 3.8) is 0 Å². The van der Waals surface area contributed by atoms with Crippen molar-refractivity contribution in [1.82, 2.24) is 10.3 Å². The Bertz CT molecular complexity index is 863. The van der Waals surface area contributed by atoms with E-state index in [-0.39, 0.29) is 0 Å². The predicted octanol–water partition coefficient (Wildman–Crippen LogP) is 4.11. The Kier molecular flexibility index (Phi) is 5.37. The first kappa shape index (κ1) is 17.3. The maximum atomic E-state index is 5.54. The van der Waals surface area contributed by atoms with Gasteiger partial charge in [0.05, 0.1) is 7.11 Å². The van der Waals surface area contributed by atoms with Crippen molar-refractivity contribution in [1.29, 1.82) is 0 Å². The molecule has 5 heteroatoms. The van der Waals surface area contributed by atoms with E-state index in [0.29, 0.717) is 6.04 Å². The van der Waals surface area contributed by atoms with Crippen LogP contribution >= 0.6 is 11.3 Å². The Morgan fingerprint density at radius 3 is 3.12 bits per heavy atom. The molecule has 0 aliphatic carbocycles. The van der Waals surface area contributed by atoms with Gasteiger partial charge in [0.2, 0.25) is 0 Å². The lowest BCUT2D eigenvalue weighted by Crippen LogP contribution is -2.51. The molecule has 0 saturated carbocycles. The standard InChI is InChI=1S/C21H25N3OS/c1-25-19-9-5-11-23-21(19)24-13-12-22-14-17(24)7-4-6-16-15-26-20-10-3-2-8-18(16)20/h2-3,5,8-11,15,17,22H,4,6-7,12-14H2,1H3. The smallest absolute Gasteiger partial charge is 0.171 e. The fraction of sp³-hybridized carbons (Fsp3) is 0.381. The number of thiophene rings is 1. The van der Waals surface area contributed by atoms with Crippen molar-refractivity contribution in [2.75, 3.05) is 31.6 Å². The summed E-state index contributed by atoms with van der Waals surface area (Å²) < 4.78 is 6.93. The summed E-state index contributed by atoms with van der Waals surface area (Å²) in [6.45, 7) is 2.97. The number of methoxy groups -OCH3 is 1. The SMILES string of the molecule is COc1cccnc1N1CCNCC1CCCc1csc2ccccc12. The minimum absolute atomic E-state index is 0.456. The van der Waals surface area contributed by atoms with Crippen LogP contribution in [0.15, 0.2) is 48.0 Å². The number of hydrogen-bond donors (Lipinski definition) is 1. The van der Waals surface area contributed by atoms with Crippen LogP contribution in [0.25, 0.3) is 10.1 Å². The van der Waals surface area contributed by atoms with E-state index < -0.39 is 0 Å². The largest absolute Gasteiger partial charge is 0.493 e. The van der Waals surface area contributed by atoms with E-state index in [1.165, 1.54) is 22.1 Å². The second kappa shape index (κ2) is 8.06. The number of rotatable bonds is 6. The van der Waals surface area contributed by atoms with Crippen LogP contribution in [0.5, 0.6) is 5.75 Å². The number of benzene rings is 1. The number of anilines is 1. The number of aryl methyl sites for hydroxylation is 1. The summed E-state index contributed by atoms with van der Waals surface area (Å²) >= 11 is 1.85. The third-order valence-corrected chi connectivity index (χ3v) is 6.15. The van der Waals surface area contributed by atoms with Crippen LogP contribution in [0.4, 0.5) is 5.82 Å². The van der Waals surface area contributed by atoms with Gasteiger partial charge < -0.3 is 15.0 Å². The zero-order valence-electron chi connectivity index (χ0n) is 15.1. The van der Waals surface area contributed by atoms with Crippen molar-refractivity contribution in [2.45, 2.75) is 25.3 Å². The minimum Gasteiger partial charge on any atom is -0.493 e. The van der Waals surface area contributed by atoms with Gasteiger partial charge in [-0.2, -0.15) is 0 Å². The fourth-order valence-corrected chi connectivity index (χ4v) is 4.81. The molecule has 1 saturated heterocycles. The number of nitrogens with one attached hydrogen (secondary N) is 1. The quantitative estimate of drug-likeness (QED) is 0.712. The van der Waals surface area contributed by atoms with E-state index in [9.17, 15) is 0 Å². The first-order chi connectivity index (χ1) is 12.9. The van der Waals surface area contributed by atoms with Crippen LogP contribution in [-0.4, -0.2) is 37.8 Å². The van der Waals surface area contributed by atoms with Crippen LogP contribution in [0.3, 0.4) is 0 Å².